The van der Waals surface area contributed by atoms with Gasteiger partial charge in [-0.2, -0.15) is 0 Å². The summed E-state index contributed by atoms with van der Waals surface area (Å²) in [7, 11) is 1.40. The molecule has 2 bridgehead atoms. The third-order valence-corrected chi connectivity index (χ3v) is 4.18. The van der Waals surface area contributed by atoms with Crippen LogP contribution >= 0.6 is 0 Å². The van der Waals surface area contributed by atoms with E-state index in [-0.39, 0.29) is 31.7 Å². The van der Waals surface area contributed by atoms with Crippen LogP contribution in [-0.4, -0.2) is 24.3 Å². The number of esters is 1. The van der Waals surface area contributed by atoms with E-state index in [0.717, 1.165) is 19.3 Å². The zero-order valence-electron chi connectivity index (χ0n) is 9.15. The maximum absolute atomic E-state index is 11.5. The summed E-state index contributed by atoms with van der Waals surface area (Å²) in [4.78, 5) is 11.5. The Kier molecular flexibility index (Phi) is 5.77. The second kappa shape index (κ2) is 5.87. The molecule has 0 aromatic heterocycles. The van der Waals surface area contributed by atoms with Crippen molar-refractivity contribution in [3.8, 4) is 0 Å². The largest absolute Gasteiger partial charge is 1.00 e. The van der Waals surface area contributed by atoms with Gasteiger partial charge in [0.05, 0.1) is 19.1 Å². The number of ether oxygens (including phenoxy) is 1. The number of aliphatic hydroxyl groups is 1. The summed E-state index contributed by atoms with van der Waals surface area (Å²) in [5, 5.41) is 9.87. The van der Waals surface area contributed by atoms with E-state index in [1.807, 2.05) is 0 Å². The highest BCUT2D eigenvalue weighted by Crippen LogP contribution is 2.49. The summed E-state index contributed by atoms with van der Waals surface area (Å²) in [6, 6.07) is 0. The normalized spacial score (nSPS) is 40.6. The van der Waals surface area contributed by atoms with Crippen LogP contribution in [0, 0.1) is 23.7 Å². The fourth-order valence-electron chi connectivity index (χ4n) is 3.33. The van der Waals surface area contributed by atoms with Crippen LogP contribution in [0.2, 0.25) is 0 Å². The lowest BCUT2D eigenvalue weighted by Gasteiger charge is -2.36. The molecule has 5 atom stereocenters. The Bertz CT molecular complexity index is 244. The van der Waals surface area contributed by atoms with Crippen LogP contribution in [0.1, 0.15) is 33.6 Å². The van der Waals surface area contributed by atoms with Gasteiger partial charge in [-0.05, 0) is 37.0 Å². The molecular formula is C12H22ClO3-. The molecule has 2 fully saturated rings. The maximum atomic E-state index is 11.5. The second-order valence-electron chi connectivity index (χ2n) is 4.71. The number of carbonyl (C=O) groups is 1. The molecule has 0 amide bonds. The summed E-state index contributed by atoms with van der Waals surface area (Å²) >= 11 is 0. The van der Waals surface area contributed by atoms with Gasteiger partial charge in [-0.15, -0.1) is 0 Å². The van der Waals surface area contributed by atoms with Gasteiger partial charge in [0, 0.05) is 0 Å². The Morgan fingerprint density at radius 1 is 1.38 bits per heavy atom. The molecule has 2 rings (SSSR count). The van der Waals surface area contributed by atoms with Gasteiger partial charge in [0.2, 0.25) is 0 Å². The number of aliphatic hydroxyl groups excluding tert-OH is 1. The Hall–Kier alpha value is -0.280. The minimum atomic E-state index is -0.476. The van der Waals surface area contributed by atoms with Crippen molar-refractivity contribution >= 4 is 5.97 Å². The topological polar surface area (TPSA) is 46.5 Å². The third kappa shape index (κ3) is 2.35. The standard InChI is InChI=1S/C11H18O3.CH4.ClH/c1-6-7-3-4-8(6)10(9(12)5-7)11(13)14-2;;/h6-10,12H,3-5H2,1-2H3;1H4;1H/p-1/t6?,7-,8?,9+,10?;;/m1../s1. The number of hydrogen-bond donors (Lipinski definition) is 1. The molecule has 2 aliphatic carbocycles. The average molecular weight is 250 g/mol. The number of rotatable bonds is 1. The third-order valence-electron chi connectivity index (χ3n) is 4.18. The van der Waals surface area contributed by atoms with Crippen LogP contribution in [0.15, 0.2) is 0 Å². The molecule has 96 valence electrons. The number of fused-ring (bicyclic) bond motifs is 2. The quantitative estimate of drug-likeness (QED) is 0.597. The van der Waals surface area contributed by atoms with Crippen LogP contribution in [0.4, 0.5) is 0 Å². The van der Waals surface area contributed by atoms with E-state index >= 15 is 0 Å². The second-order valence-corrected chi connectivity index (χ2v) is 4.71. The molecule has 0 heterocycles. The first-order valence-corrected chi connectivity index (χ1v) is 5.41. The maximum Gasteiger partial charge on any atom is 0.311 e. The molecule has 0 radical (unpaired) electrons. The van der Waals surface area contributed by atoms with E-state index in [1.54, 1.807) is 0 Å². The Labute approximate surface area is 104 Å². The zero-order chi connectivity index (χ0) is 10.3. The Morgan fingerprint density at radius 3 is 2.56 bits per heavy atom. The van der Waals surface area contributed by atoms with E-state index in [2.05, 4.69) is 6.92 Å². The molecule has 4 heteroatoms. The monoisotopic (exact) mass is 249 g/mol. The van der Waals surface area contributed by atoms with Gasteiger partial charge in [0.15, 0.2) is 0 Å². The summed E-state index contributed by atoms with van der Waals surface area (Å²) in [5.41, 5.74) is 0. The highest BCUT2D eigenvalue weighted by Gasteiger charge is 2.49. The van der Waals surface area contributed by atoms with Crippen LogP contribution in [0.5, 0.6) is 0 Å². The van der Waals surface area contributed by atoms with Crippen molar-refractivity contribution in [3.63, 3.8) is 0 Å². The van der Waals surface area contributed by atoms with Gasteiger partial charge in [-0.3, -0.25) is 4.79 Å². The van der Waals surface area contributed by atoms with Gasteiger partial charge < -0.3 is 22.3 Å². The van der Waals surface area contributed by atoms with Crippen molar-refractivity contribution in [1.82, 2.24) is 0 Å². The van der Waals surface area contributed by atoms with Crippen molar-refractivity contribution in [2.45, 2.75) is 39.7 Å². The molecule has 16 heavy (non-hydrogen) atoms. The highest BCUT2D eigenvalue weighted by atomic mass is 35.5. The predicted octanol–water partition coefficient (Wildman–Crippen LogP) is -1.16. The van der Waals surface area contributed by atoms with Crippen molar-refractivity contribution in [3.05, 3.63) is 0 Å². The zero-order valence-corrected chi connectivity index (χ0v) is 9.91. The highest BCUT2D eigenvalue weighted by molar-refractivity contribution is 5.73. The van der Waals surface area contributed by atoms with E-state index < -0.39 is 6.10 Å². The van der Waals surface area contributed by atoms with Crippen LogP contribution < -0.4 is 12.4 Å². The summed E-state index contributed by atoms with van der Waals surface area (Å²) < 4.78 is 4.76. The first kappa shape index (κ1) is 15.7. The smallest absolute Gasteiger partial charge is 0.311 e. The minimum absolute atomic E-state index is 0. The minimum Gasteiger partial charge on any atom is -1.00 e. The van der Waals surface area contributed by atoms with Crippen LogP contribution in [0.3, 0.4) is 0 Å². The van der Waals surface area contributed by atoms with Gasteiger partial charge in [-0.25, -0.2) is 0 Å². The molecule has 2 aliphatic rings. The lowest BCUT2D eigenvalue weighted by Crippen LogP contribution is -3.00. The van der Waals surface area contributed by atoms with Crippen molar-refractivity contribution in [2.75, 3.05) is 7.11 Å². The van der Waals surface area contributed by atoms with E-state index in [0.29, 0.717) is 17.8 Å². The Balaban J connectivity index is 0.00000112. The Morgan fingerprint density at radius 2 is 2.00 bits per heavy atom. The molecular weight excluding hydrogens is 228 g/mol. The molecule has 0 spiro atoms. The van der Waals surface area contributed by atoms with Crippen molar-refractivity contribution in [2.24, 2.45) is 23.7 Å². The summed E-state index contributed by atoms with van der Waals surface area (Å²) in [6.07, 6.45) is 2.53. The lowest BCUT2D eigenvalue weighted by molar-refractivity contribution is -0.155. The predicted molar refractivity (Wildman–Crippen MR) is 58.2 cm³/mol. The number of carbonyl (C=O) groups excluding carboxylic acids is 1. The first-order valence-electron chi connectivity index (χ1n) is 5.41. The van der Waals surface area contributed by atoms with Crippen LogP contribution in [0.25, 0.3) is 0 Å². The van der Waals surface area contributed by atoms with Crippen molar-refractivity contribution in [1.29, 1.82) is 0 Å². The lowest BCUT2D eigenvalue weighted by atomic mass is 9.71. The molecule has 0 aliphatic heterocycles. The average Bonchev–Trinajstić information content (AvgIpc) is 2.42. The number of methoxy groups -OCH3 is 1. The molecule has 3 unspecified atom stereocenters. The van der Waals surface area contributed by atoms with Gasteiger partial charge in [-0.1, -0.05) is 14.4 Å². The molecule has 2 saturated carbocycles. The summed E-state index contributed by atoms with van der Waals surface area (Å²) in [5.74, 6) is 1.04. The van der Waals surface area contributed by atoms with Gasteiger partial charge >= 0.3 is 5.97 Å². The fourth-order valence-corrected chi connectivity index (χ4v) is 3.33. The molecule has 0 saturated heterocycles. The van der Waals surface area contributed by atoms with Gasteiger partial charge in [0.1, 0.15) is 0 Å². The fraction of sp³-hybridized carbons (Fsp3) is 0.917. The van der Waals surface area contributed by atoms with E-state index in [9.17, 15) is 9.90 Å². The van der Waals surface area contributed by atoms with E-state index in [1.165, 1.54) is 7.11 Å². The molecule has 0 aromatic rings. The summed E-state index contributed by atoms with van der Waals surface area (Å²) in [6.45, 7) is 2.20. The molecule has 3 nitrogen and oxygen atoms in total. The van der Waals surface area contributed by atoms with Crippen molar-refractivity contribution < 1.29 is 27.0 Å². The first-order chi connectivity index (χ1) is 6.65. The number of halogens is 1. The molecule has 1 N–H and O–H groups in total. The number of hydrogen-bond acceptors (Lipinski definition) is 3. The van der Waals surface area contributed by atoms with Gasteiger partial charge in [0.25, 0.3) is 0 Å². The molecule has 0 aromatic carbocycles. The van der Waals surface area contributed by atoms with Crippen LogP contribution in [-0.2, 0) is 9.53 Å². The van der Waals surface area contributed by atoms with E-state index in [4.69, 9.17) is 4.74 Å². The SMILES string of the molecule is C.COC(=O)C1C2CC[C@H](C[C@@H]1O)C2C.[Cl-].